The third-order valence-corrected chi connectivity index (χ3v) is 4.32. The lowest BCUT2D eigenvalue weighted by molar-refractivity contribution is 0.0781. The van der Waals surface area contributed by atoms with Crippen LogP contribution in [-0.2, 0) is 0 Å². The molecule has 1 aromatic carbocycles. The lowest BCUT2D eigenvalue weighted by Crippen LogP contribution is -2.30. The molecule has 8 heteroatoms. The Balaban J connectivity index is 0.00000208. The maximum absolute atomic E-state index is 12.6. The molecule has 1 aliphatic rings. The molecule has 2 N–H and O–H groups in total. The number of nitrogens with zero attached hydrogens (tertiary/aromatic N) is 4. The zero-order valence-corrected chi connectivity index (χ0v) is 14.6. The largest absolute Gasteiger partial charge is 0.497 e. The Kier molecular flexibility index (Phi) is 5.80. The van der Waals surface area contributed by atoms with Gasteiger partial charge in [-0.3, -0.25) is 4.79 Å². The minimum atomic E-state index is -0.0711. The number of aromatic nitrogens is 3. The molecule has 24 heavy (non-hydrogen) atoms. The number of carbonyl (C=O) groups excluding carboxylic acids is 1. The van der Waals surface area contributed by atoms with Crippen molar-refractivity contribution in [2.45, 2.75) is 13.3 Å². The molecule has 0 bridgehead atoms. The monoisotopic (exact) mass is 351 g/mol. The predicted octanol–water partition coefficient (Wildman–Crippen LogP) is 1.43. The molecule has 1 amide bonds. The number of nitrogens with two attached hydrogens (primary N) is 1. The molecule has 1 atom stereocenters. The zero-order chi connectivity index (χ0) is 16.4. The second kappa shape index (κ2) is 7.63. The average Bonchev–Trinajstić information content (AvgIpc) is 3.21. The summed E-state index contributed by atoms with van der Waals surface area (Å²) in [5.41, 5.74) is 7.67. The first-order chi connectivity index (χ1) is 11.1. The molecule has 1 fully saturated rings. The van der Waals surface area contributed by atoms with Crippen molar-refractivity contribution < 1.29 is 9.53 Å². The van der Waals surface area contributed by atoms with Gasteiger partial charge < -0.3 is 15.4 Å². The minimum Gasteiger partial charge on any atom is -0.497 e. The van der Waals surface area contributed by atoms with E-state index in [1.54, 1.807) is 11.8 Å². The van der Waals surface area contributed by atoms with E-state index in [1.807, 2.05) is 36.1 Å². The van der Waals surface area contributed by atoms with E-state index in [0.717, 1.165) is 30.1 Å². The second-order valence-corrected chi connectivity index (χ2v) is 5.77. The number of hydrogen-bond acceptors (Lipinski definition) is 5. The average molecular weight is 352 g/mol. The number of ether oxygens (including phenoxy) is 1. The van der Waals surface area contributed by atoms with Crippen molar-refractivity contribution in [1.82, 2.24) is 19.9 Å². The van der Waals surface area contributed by atoms with E-state index in [0.29, 0.717) is 24.7 Å². The van der Waals surface area contributed by atoms with Gasteiger partial charge in [-0.05, 0) is 50.1 Å². The van der Waals surface area contributed by atoms with E-state index in [2.05, 4.69) is 10.3 Å². The van der Waals surface area contributed by atoms with Crippen molar-refractivity contribution in [3.8, 4) is 11.4 Å². The molecule has 0 saturated carbocycles. The summed E-state index contributed by atoms with van der Waals surface area (Å²) < 4.78 is 6.82. The number of methoxy groups -OCH3 is 1. The van der Waals surface area contributed by atoms with Crippen molar-refractivity contribution in [2.75, 3.05) is 26.7 Å². The Morgan fingerprint density at radius 2 is 2.08 bits per heavy atom. The third-order valence-electron chi connectivity index (χ3n) is 4.32. The van der Waals surface area contributed by atoms with Crippen LogP contribution >= 0.6 is 12.4 Å². The number of amides is 1. The van der Waals surface area contributed by atoms with Gasteiger partial charge in [-0.25, -0.2) is 4.68 Å². The number of hydrogen-bond donors (Lipinski definition) is 1. The van der Waals surface area contributed by atoms with Gasteiger partial charge in [0.1, 0.15) is 5.75 Å². The van der Waals surface area contributed by atoms with E-state index in [1.165, 1.54) is 0 Å². The molecule has 1 aliphatic heterocycles. The van der Waals surface area contributed by atoms with Gasteiger partial charge in [0.25, 0.3) is 5.91 Å². The number of rotatable bonds is 4. The highest BCUT2D eigenvalue weighted by atomic mass is 35.5. The molecular formula is C16H22ClN5O2. The van der Waals surface area contributed by atoms with E-state index < -0.39 is 0 Å². The van der Waals surface area contributed by atoms with Gasteiger partial charge in [-0.2, -0.15) is 0 Å². The Labute approximate surface area is 147 Å². The van der Waals surface area contributed by atoms with Crippen LogP contribution in [0, 0.1) is 12.8 Å². The molecule has 3 rings (SSSR count). The number of benzene rings is 1. The van der Waals surface area contributed by atoms with Crippen LogP contribution in [0.1, 0.15) is 22.6 Å². The lowest BCUT2D eigenvalue weighted by atomic mass is 10.1. The highest BCUT2D eigenvalue weighted by Crippen LogP contribution is 2.20. The molecule has 0 spiro atoms. The normalized spacial score (nSPS) is 16.8. The molecule has 7 nitrogen and oxygen atoms in total. The summed E-state index contributed by atoms with van der Waals surface area (Å²) in [7, 11) is 1.62. The first-order valence-corrected chi connectivity index (χ1v) is 7.70. The first-order valence-electron chi connectivity index (χ1n) is 7.70. The topological polar surface area (TPSA) is 86.3 Å². The van der Waals surface area contributed by atoms with Crippen LogP contribution in [0.3, 0.4) is 0 Å². The van der Waals surface area contributed by atoms with Crippen molar-refractivity contribution in [2.24, 2.45) is 11.7 Å². The van der Waals surface area contributed by atoms with E-state index in [-0.39, 0.29) is 18.3 Å². The second-order valence-electron chi connectivity index (χ2n) is 5.77. The highest BCUT2D eigenvalue weighted by molar-refractivity contribution is 5.93. The molecule has 1 saturated heterocycles. The van der Waals surface area contributed by atoms with Gasteiger partial charge in [0.2, 0.25) is 0 Å². The molecule has 2 aromatic rings. The summed E-state index contributed by atoms with van der Waals surface area (Å²) in [6, 6.07) is 7.47. The van der Waals surface area contributed by atoms with Crippen LogP contribution in [0.15, 0.2) is 24.3 Å². The Morgan fingerprint density at radius 3 is 2.67 bits per heavy atom. The maximum atomic E-state index is 12.6. The van der Waals surface area contributed by atoms with Crippen LogP contribution in [-0.4, -0.2) is 52.5 Å². The fraction of sp³-hybridized carbons (Fsp3) is 0.438. The van der Waals surface area contributed by atoms with Crippen molar-refractivity contribution in [3.05, 3.63) is 35.7 Å². The molecule has 1 unspecified atom stereocenters. The highest BCUT2D eigenvalue weighted by Gasteiger charge is 2.29. The van der Waals surface area contributed by atoms with E-state index in [4.69, 9.17) is 10.5 Å². The van der Waals surface area contributed by atoms with Crippen LogP contribution in [0.4, 0.5) is 0 Å². The Hall–Kier alpha value is -2.12. The van der Waals surface area contributed by atoms with Gasteiger partial charge in [-0.15, -0.1) is 17.5 Å². The molecule has 2 heterocycles. The van der Waals surface area contributed by atoms with Gasteiger partial charge in [0.05, 0.1) is 18.5 Å². The zero-order valence-electron chi connectivity index (χ0n) is 13.8. The lowest BCUT2D eigenvalue weighted by Gasteiger charge is -2.15. The summed E-state index contributed by atoms with van der Waals surface area (Å²) in [6.07, 6.45) is 0.952. The fourth-order valence-electron chi connectivity index (χ4n) is 2.85. The number of likely N-dealkylation sites (tertiary alicyclic amines) is 1. The van der Waals surface area contributed by atoms with Crippen LogP contribution < -0.4 is 10.5 Å². The summed E-state index contributed by atoms with van der Waals surface area (Å²) >= 11 is 0. The number of halogens is 1. The van der Waals surface area contributed by atoms with Crippen molar-refractivity contribution in [1.29, 1.82) is 0 Å². The van der Waals surface area contributed by atoms with Gasteiger partial charge >= 0.3 is 0 Å². The van der Waals surface area contributed by atoms with Crippen molar-refractivity contribution in [3.63, 3.8) is 0 Å². The fourth-order valence-corrected chi connectivity index (χ4v) is 2.85. The van der Waals surface area contributed by atoms with Gasteiger partial charge in [0, 0.05) is 13.1 Å². The maximum Gasteiger partial charge on any atom is 0.276 e. The minimum absolute atomic E-state index is 0. The van der Waals surface area contributed by atoms with Crippen LogP contribution in [0.2, 0.25) is 0 Å². The van der Waals surface area contributed by atoms with E-state index in [9.17, 15) is 4.79 Å². The molecule has 1 aromatic heterocycles. The van der Waals surface area contributed by atoms with Gasteiger partial charge in [0.15, 0.2) is 5.69 Å². The quantitative estimate of drug-likeness (QED) is 0.900. The summed E-state index contributed by atoms with van der Waals surface area (Å²) in [5.74, 6) is 1.09. The first kappa shape index (κ1) is 18.2. The Morgan fingerprint density at radius 1 is 1.38 bits per heavy atom. The smallest absolute Gasteiger partial charge is 0.276 e. The molecule has 0 aliphatic carbocycles. The molecule has 0 radical (unpaired) electrons. The van der Waals surface area contributed by atoms with Crippen molar-refractivity contribution >= 4 is 18.3 Å². The number of carbonyl (C=O) groups is 1. The predicted molar refractivity (Wildman–Crippen MR) is 93.0 cm³/mol. The Bertz CT molecular complexity index is 701. The SMILES string of the molecule is COc1ccc(-n2nnc(C(=O)N3CCC(CN)C3)c2C)cc1.Cl. The summed E-state index contributed by atoms with van der Waals surface area (Å²) in [4.78, 5) is 14.4. The third kappa shape index (κ3) is 3.37. The van der Waals surface area contributed by atoms with E-state index >= 15 is 0 Å². The van der Waals surface area contributed by atoms with Gasteiger partial charge in [-0.1, -0.05) is 5.21 Å². The molecular weight excluding hydrogens is 330 g/mol. The summed E-state index contributed by atoms with van der Waals surface area (Å²) in [6.45, 7) is 3.90. The molecule has 130 valence electrons. The van der Waals surface area contributed by atoms with Crippen LogP contribution in [0.5, 0.6) is 5.75 Å². The standard InChI is InChI=1S/C16H21N5O2.ClH/c1-11-15(16(22)20-8-7-12(9-17)10-20)18-19-21(11)13-3-5-14(23-2)6-4-13;/h3-6,12H,7-10,17H2,1-2H3;1H. The van der Waals surface area contributed by atoms with Crippen LogP contribution in [0.25, 0.3) is 5.69 Å². The summed E-state index contributed by atoms with van der Waals surface area (Å²) in [5, 5.41) is 8.22.